The molecule has 108 valence electrons. The lowest BCUT2D eigenvalue weighted by Crippen LogP contribution is -1.96. The molecule has 0 amide bonds. The largest absolute Gasteiger partial charge is 0.300 e. The van der Waals surface area contributed by atoms with Crippen molar-refractivity contribution in [1.82, 2.24) is 0 Å². The van der Waals surface area contributed by atoms with Gasteiger partial charge in [-0.3, -0.25) is 9.59 Å². The molecule has 0 unspecified atom stereocenters. The molecule has 0 spiro atoms. The van der Waals surface area contributed by atoms with Crippen molar-refractivity contribution < 1.29 is 9.59 Å². The van der Waals surface area contributed by atoms with Gasteiger partial charge in [0, 0.05) is 25.7 Å². The Kier molecular flexibility index (Phi) is 17.9. The summed E-state index contributed by atoms with van der Waals surface area (Å²) in [6.45, 7) is 8.31. The summed E-state index contributed by atoms with van der Waals surface area (Å²) in [4.78, 5) is 21.6. The minimum atomic E-state index is 0.412. The molecular formula is C16H32O2. The molecule has 0 aliphatic rings. The Hall–Kier alpha value is -0.660. The predicted molar refractivity (Wildman–Crippen MR) is 78.9 cm³/mol. The Morgan fingerprint density at radius 1 is 0.556 bits per heavy atom. The molecule has 0 atom stereocenters. The molecule has 0 aromatic carbocycles. The summed E-state index contributed by atoms with van der Waals surface area (Å²) in [6, 6.07) is 0. The number of hydrogen-bond donors (Lipinski definition) is 0. The van der Waals surface area contributed by atoms with E-state index in [1.807, 2.05) is 13.8 Å². The van der Waals surface area contributed by atoms with E-state index in [0.717, 1.165) is 64.2 Å². The van der Waals surface area contributed by atoms with Crippen LogP contribution in [0.4, 0.5) is 0 Å². The molecule has 0 heterocycles. The number of carbonyl (C=O) groups is 2. The van der Waals surface area contributed by atoms with E-state index in [2.05, 4.69) is 13.8 Å². The molecule has 2 nitrogen and oxygen atoms in total. The summed E-state index contributed by atoms with van der Waals surface area (Å²) in [5.74, 6) is 0.860. The summed E-state index contributed by atoms with van der Waals surface area (Å²) in [5, 5.41) is 0. The van der Waals surface area contributed by atoms with Gasteiger partial charge >= 0.3 is 0 Å². The molecule has 0 aliphatic carbocycles. The van der Waals surface area contributed by atoms with Gasteiger partial charge in [0.1, 0.15) is 11.6 Å². The molecule has 0 bridgehead atoms. The standard InChI is InChI=1S/C9H18O.C7H14O/c1-3-5-7-9(10)8-6-4-2;1-3-5-7(8)6-4-2/h3-8H2,1-2H3;3-6H2,1-2H3. The van der Waals surface area contributed by atoms with E-state index in [4.69, 9.17) is 0 Å². The van der Waals surface area contributed by atoms with Gasteiger partial charge in [-0.15, -0.1) is 0 Å². The molecule has 0 aromatic rings. The minimum absolute atomic E-state index is 0.412. The Balaban J connectivity index is 0. The average Bonchev–Trinajstić information content (AvgIpc) is 2.35. The second-order valence-electron chi connectivity index (χ2n) is 4.78. The normalized spacial score (nSPS) is 9.56. The lowest BCUT2D eigenvalue weighted by atomic mass is 10.1. The summed E-state index contributed by atoms with van der Waals surface area (Å²) in [5.41, 5.74) is 0. The second kappa shape index (κ2) is 16.3. The molecular weight excluding hydrogens is 224 g/mol. The molecule has 0 rings (SSSR count). The van der Waals surface area contributed by atoms with Gasteiger partial charge in [0.05, 0.1) is 0 Å². The maximum atomic E-state index is 11.0. The molecule has 0 saturated heterocycles. The van der Waals surface area contributed by atoms with Crippen LogP contribution in [0.1, 0.15) is 91.9 Å². The molecule has 0 radical (unpaired) electrons. The van der Waals surface area contributed by atoms with E-state index in [1.54, 1.807) is 0 Å². The van der Waals surface area contributed by atoms with E-state index in [0.29, 0.717) is 11.6 Å². The summed E-state index contributed by atoms with van der Waals surface area (Å²) in [7, 11) is 0. The van der Waals surface area contributed by atoms with Crippen molar-refractivity contribution in [2.45, 2.75) is 91.9 Å². The highest BCUT2D eigenvalue weighted by Gasteiger charge is 1.98. The van der Waals surface area contributed by atoms with E-state index < -0.39 is 0 Å². The average molecular weight is 256 g/mol. The van der Waals surface area contributed by atoms with E-state index >= 15 is 0 Å². The fraction of sp³-hybridized carbons (Fsp3) is 0.875. The van der Waals surface area contributed by atoms with Crippen LogP contribution in [0.15, 0.2) is 0 Å². The van der Waals surface area contributed by atoms with Gasteiger partial charge < -0.3 is 0 Å². The van der Waals surface area contributed by atoms with Crippen LogP contribution in [-0.2, 0) is 9.59 Å². The molecule has 0 saturated carbocycles. The van der Waals surface area contributed by atoms with Crippen LogP contribution in [0.3, 0.4) is 0 Å². The fourth-order valence-corrected chi connectivity index (χ4v) is 1.56. The first-order valence-corrected chi connectivity index (χ1v) is 7.65. The van der Waals surface area contributed by atoms with Crippen molar-refractivity contribution in [1.29, 1.82) is 0 Å². The predicted octanol–water partition coefficient (Wildman–Crippen LogP) is 5.09. The quantitative estimate of drug-likeness (QED) is 0.545. The number of unbranched alkanes of at least 4 members (excludes halogenated alkanes) is 2. The van der Waals surface area contributed by atoms with E-state index in [-0.39, 0.29) is 0 Å². The van der Waals surface area contributed by atoms with Gasteiger partial charge in [-0.1, -0.05) is 40.5 Å². The molecule has 0 N–H and O–H groups in total. The first-order valence-electron chi connectivity index (χ1n) is 7.65. The van der Waals surface area contributed by atoms with Crippen molar-refractivity contribution >= 4 is 11.6 Å². The Morgan fingerprint density at radius 3 is 1.17 bits per heavy atom. The van der Waals surface area contributed by atoms with Gasteiger partial charge in [-0.05, 0) is 25.7 Å². The van der Waals surface area contributed by atoms with E-state index in [9.17, 15) is 9.59 Å². The zero-order valence-electron chi connectivity index (χ0n) is 12.9. The zero-order valence-corrected chi connectivity index (χ0v) is 12.9. The topological polar surface area (TPSA) is 34.1 Å². The van der Waals surface area contributed by atoms with Gasteiger partial charge in [-0.2, -0.15) is 0 Å². The van der Waals surface area contributed by atoms with Crippen LogP contribution < -0.4 is 0 Å². The molecule has 2 heteroatoms. The molecule has 0 fully saturated rings. The van der Waals surface area contributed by atoms with Crippen LogP contribution in [0.25, 0.3) is 0 Å². The smallest absolute Gasteiger partial charge is 0.132 e. The Labute approximate surface area is 114 Å². The minimum Gasteiger partial charge on any atom is -0.300 e. The Bertz CT molecular complexity index is 179. The monoisotopic (exact) mass is 256 g/mol. The number of ketones is 2. The van der Waals surface area contributed by atoms with Crippen LogP contribution >= 0.6 is 0 Å². The summed E-state index contributed by atoms with van der Waals surface area (Å²) in [6.07, 6.45) is 9.56. The zero-order chi connectivity index (χ0) is 14.2. The Morgan fingerprint density at radius 2 is 0.889 bits per heavy atom. The molecule has 18 heavy (non-hydrogen) atoms. The molecule has 0 aromatic heterocycles. The van der Waals surface area contributed by atoms with Crippen molar-refractivity contribution in [3.63, 3.8) is 0 Å². The maximum Gasteiger partial charge on any atom is 0.132 e. The highest BCUT2D eigenvalue weighted by molar-refractivity contribution is 5.78. The van der Waals surface area contributed by atoms with Crippen LogP contribution in [0.5, 0.6) is 0 Å². The second-order valence-corrected chi connectivity index (χ2v) is 4.78. The van der Waals surface area contributed by atoms with Crippen LogP contribution in [0, 0.1) is 0 Å². The van der Waals surface area contributed by atoms with Crippen molar-refractivity contribution in [2.75, 3.05) is 0 Å². The van der Waals surface area contributed by atoms with Gasteiger partial charge in [0.15, 0.2) is 0 Å². The van der Waals surface area contributed by atoms with Crippen molar-refractivity contribution in [2.24, 2.45) is 0 Å². The van der Waals surface area contributed by atoms with Crippen LogP contribution in [-0.4, -0.2) is 11.6 Å². The number of carbonyl (C=O) groups excluding carboxylic acids is 2. The number of rotatable bonds is 10. The third-order valence-corrected chi connectivity index (χ3v) is 2.68. The van der Waals surface area contributed by atoms with Crippen molar-refractivity contribution in [3.05, 3.63) is 0 Å². The van der Waals surface area contributed by atoms with Gasteiger partial charge in [0.25, 0.3) is 0 Å². The first kappa shape index (κ1) is 19.7. The van der Waals surface area contributed by atoms with Gasteiger partial charge in [0.2, 0.25) is 0 Å². The number of Topliss-reactive ketones (excluding diaryl/α,β-unsaturated/α-hetero) is 2. The third kappa shape index (κ3) is 17.7. The van der Waals surface area contributed by atoms with Gasteiger partial charge in [-0.25, -0.2) is 0 Å². The SMILES string of the molecule is CCCC(=O)CCC.CCCCC(=O)CCCC. The summed E-state index contributed by atoms with van der Waals surface area (Å²) >= 11 is 0. The molecule has 0 aliphatic heterocycles. The summed E-state index contributed by atoms with van der Waals surface area (Å²) < 4.78 is 0. The van der Waals surface area contributed by atoms with E-state index in [1.165, 1.54) is 0 Å². The lowest BCUT2D eigenvalue weighted by molar-refractivity contribution is -0.120. The van der Waals surface area contributed by atoms with Crippen LogP contribution in [0.2, 0.25) is 0 Å². The lowest BCUT2D eigenvalue weighted by Gasteiger charge is -1.96. The maximum absolute atomic E-state index is 11.0. The highest BCUT2D eigenvalue weighted by Crippen LogP contribution is 2.02. The highest BCUT2D eigenvalue weighted by atomic mass is 16.1. The third-order valence-electron chi connectivity index (χ3n) is 2.68. The van der Waals surface area contributed by atoms with Crippen molar-refractivity contribution in [3.8, 4) is 0 Å². The first-order chi connectivity index (χ1) is 8.62. The fourth-order valence-electron chi connectivity index (χ4n) is 1.56. The number of hydrogen-bond acceptors (Lipinski definition) is 2.